The number of carboxylic acids is 1. The summed E-state index contributed by atoms with van der Waals surface area (Å²) in [5, 5.41) is 11.1. The van der Waals surface area contributed by atoms with E-state index < -0.39 is 5.97 Å². The van der Waals surface area contributed by atoms with Crippen molar-refractivity contribution in [1.29, 1.82) is 0 Å². The minimum Gasteiger partial charge on any atom is -0.490 e. The molecule has 0 heterocycles. The first kappa shape index (κ1) is 14.4. The van der Waals surface area contributed by atoms with Crippen LogP contribution in [-0.4, -0.2) is 29.6 Å². The van der Waals surface area contributed by atoms with Crippen molar-refractivity contribution in [1.82, 2.24) is 5.32 Å². The number of amides is 1. The van der Waals surface area contributed by atoms with Gasteiger partial charge in [0.25, 0.3) is 5.91 Å². The summed E-state index contributed by atoms with van der Waals surface area (Å²) < 4.78 is 5.83. The number of hydrogen-bond donors (Lipinski definition) is 2. The third kappa shape index (κ3) is 4.26. The van der Waals surface area contributed by atoms with E-state index >= 15 is 0 Å². The average Bonchev–Trinajstić information content (AvgIpc) is 2.91. The molecule has 20 heavy (non-hydrogen) atoms. The van der Waals surface area contributed by atoms with Gasteiger partial charge in [0, 0.05) is 12.1 Å². The highest BCUT2D eigenvalue weighted by molar-refractivity contribution is 5.94. The van der Waals surface area contributed by atoms with Gasteiger partial charge >= 0.3 is 5.97 Å². The van der Waals surface area contributed by atoms with Crippen molar-refractivity contribution in [2.24, 2.45) is 0 Å². The molecule has 1 fully saturated rings. The van der Waals surface area contributed by atoms with Gasteiger partial charge in [0.2, 0.25) is 0 Å². The molecule has 0 saturated heterocycles. The molecule has 0 atom stereocenters. The van der Waals surface area contributed by atoms with Crippen LogP contribution in [0.2, 0.25) is 0 Å². The molecule has 0 aliphatic heterocycles. The van der Waals surface area contributed by atoms with E-state index in [1.54, 1.807) is 18.2 Å². The monoisotopic (exact) mass is 277 g/mol. The quantitative estimate of drug-likeness (QED) is 0.836. The van der Waals surface area contributed by atoms with Crippen molar-refractivity contribution in [2.75, 3.05) is 6.54 Å². The standard InChI is InChI=1S/C15H19NO4/c17-14(18)8-9-16-15(19)11-4-3-7-13(10-11)20-12-5-1-2-6-12/h3-4,7,10,12H,1-2,5-6,8-9H2,(H,16,19)(H,17,18). The summed E-state index contributed by atoms with van der Waals surface area (Å²) in [5.41, 5.74) is 0.492. The van der Waals surface area contributed by atoms with Crippen LogP contribution in [0.1, 0.15) is 42.5 Å². The first-order valence-corrected chi connectivity index (χ1v) is 6.92. The van der Waals surface area contributed by atoms with E-state index in [0.717, 1.165) is 12.8 Å². The molecule has 0 unspecified atom stereocenters. The number of ether oxygens (including phenoxy) is 1. The Labute approximate surface area is 117 Å². The Kier molecular flexibility index (Phi) is 4.98. The molecule has 1 aromatic rings. The Bertz CT molecular complexity index is 481. The molecular formula is C15H19NO4. The zero-order valence-corrected chi connectivity index (χ0v) is 11.3. The summed E-state index contributed by atoms with van der Waals surface area (Å²) in [5.74, 6) is -0.505. The number of aliphatic carboxylic acids is 1. The van der Waals surface area contributed by atoms with Crippen LogP contribution in [0, 0.1) is 0 Å². The topological polar surface area (TPSA) is 75.6 Å². The fraction of sp³-hybridized carbons (Fsp3) is 0.467. The van der Waals surface area contributed by atoms with Crippen LogP contribution < -0.4 is 10.1 Å². The van der Waals surface area contributed by atoms with E-state index in [1.165, 1.54) is 12.8 Å². The molecule has 1 saturated carbocycles. The van der Waals surface area contributed by atoms with Gasteiger partial charge in [-0.25, -0.2) is 0 Å². The number of carbonyl (C=O) groups excluding carboxylic acids is 1. The largest absolute Gasteiger partial charge is 0.490 e. The second-order valence-electron chi connectivity index (χ2n) is 4.95. The smallest absolute Gasteiger partial charge is 0.305 e. The summed E-state index contributed by atoms with van der Waals surface area (Å²) >= 11 is 0. The highest BCUT2D eigenvalue weighted by atomic mass is 16.5. The van der Waals surface area contributed by atoms with Gasteiger partial charge in [-0.05, 0) is 43.9 Å². The molecule has 1 amide bonds. The van der Waals surface area contributed by atoms with Crippen LogP contribution >= 0.6 is 0 Å². The van der Waals surface area contributed by atoms with E-state index in [1.807, 2.05) is 6.07 Å². The van der Waals surface area contributed by atoms with Gasteiger partial charge in [-0.1, -0.05) is 6.07 Å². The Morgan fingerprint density at radius 2 is 2.05 bits per heavy atom. The summed E-state index contributed by atoms with van der Waals surface area (Å²) in [7, 11) is 0. The lowest BCUT2D eigenvalue weighted by Crippen LogP contribution is -2.26. The first-order chi connectivity index (χ1) is 9.65. The Hall–Kier alpha value is -2.04. The maximum atomic E-state index is 11.9. The fourth-order valence-corrected chi connectivity index (χ4v) is 2.29. The van der Waals surface area contributed by atoms with Crippen molar-refractivity contribution < 1.29 is 19.4 Å². The van der Waals surface area contributed by atoms with E-state index in [2.05, 4.69) is 5.32 Å². The fourth-order valence-electron chi connectivity index (χ4n) is 2.29. The molecule has 1 aliphatic carbocycles. The lowest BCUT2D eigenvalue weighted by Gasteiger charge is -2.13. The number of nitrogens with one attached hydrogen (secondary N) is 1. The zero-order valence-electron chi connectivity index (χ0n) is 11.3. The van der Waals surface area contributed by atoms with E-state index in [-0.39, 0.29) is 25.0 Å². The van der Waals surface area contributed by atoms with Gasteiger partial charge in [-0.2, -0.15) is 0 Å². The van der Waals surface area contributed by atoms with Gasteiger partial charge in [0.15, 0.2) is 0 Å². The highest BCUT2D eigenvalue weighted by Gasteiger charge is 2.17. The molecule has 0 spiro atoms. The maximum Gasteiger partial charge on any atom is 0.305 e. The van der Waals surface area contributed by atoms with Crippen molar-refractivity contribution in [3.8, 4) is 5.75 Å². The minimum atomic E-state index is -0.927. The van der Waals surface area contributed by atoms with Gasteiger partial charge in [0.05, 0.1) is 12.5 Å². The lowest BCUT2D eigenvalue weighted by molar-refractivity contribution is -0.136. The van der Waals surface area contributed by atoms with Gasteiger partial charge in [-0.3, -0.25) is 9.59 Å². The van der Waals surface area contributed by atoms with Crippen LogP contribution in [-0.2, 0) is 4.79 Å². The average molecular weight is 277 g/mol. The second-order valence-corrected chi connectivity index (χ2v) is 4.95. The molecule has 1 aliphatic rings. The highest BCUT2D eigenvalue weighted by Crippen LogP contribution is 2.24. The number of rotatable bonds is 6. The summed E-state index contributed by atoms with van der Waals surface area (Å²) in [6, 6.07) is 7.01. The maximum absolute atomic E-state index is 11.9. The van der Waals surface area contributed by atoms with Crippen molar-refractivity contribution in [2.45, 2.75) is 38.2 Å². The minimum absolute atomic E-state index is 0.0794. The summed E-state index contributed by atoms with van der Waals surface area (Å²) in [6.45, 7) is 0.127. The number of carboxylic acid groups (broad SMARTS) is 1. The van der Waals surface area contributed by atoms with Crippen molar-refractivity contribution in [3.05, 3.63) is 29.8 Å². The van der Waals surface area contributed by atoms with Crippen LogP contribution in [0.4, 0.5) is 0 Å². The van der Waals surface area contributed by atoms with E-state index in [0.29, 0.717) is 11.3 Å². The summed E-state index contributed by atoms with van der Waals surface area (Å²) in [6.07, 6.45) is 4.69. The molecular weight excluding hydrogens is 258 g/mol. The molecule has 1 aromatic carbocycles. The molecule has 2 rings (SSSR count). The molecule has 108 valence electrons. The molecule has 0 bridgehead atoms. The zero-order chi connectivity index (χ0) is 14.4. The molecule has 0 aromatic heterocycles. The van der Waals surface area contributed by atoms with Gasteiger partial charge in [-0.15, -0.1) is 0 Å². The van der Waals surface area contributed by atoms with Crippen LogP contribution in [0.3, 0.4) is 0 Å². The number of hydrogen-bond acceptors (Lipinski definition) is 3. The Morgan fingerprint density at radius 3 is 2.75 bits per heavy atom. The molecule has 2 N–H and O–H groups in total. The van der Waals surface area contributed by atoms with Gasteiger partial charge in [0.1, 0.15) is 5.75 Å². The molecule has 0 radical (unpaired) electrons. The van der Waals surface area contributed by atoms with Crippen molar-refractivity contribution >= 4 is 11.9 Å². The normalized spacial score (nSPS) is 15.0. The van der Waals surface area contributed by atoms with Gasteiger partial charge < -0.3 is 15.2 Å². The van der Waals surface area contributed by atoms with Crippen LogP contribution in [0.5, 0.6) is 5.75 Å². The summed E-state index contributed by atoms with van der Waals surface area (Å²) in [4.78, 5) is 22.2. The Morgan fingerprint density at radius 1 is 1.30 bits per heavy atom. The first-order valence-electron chi connectivity index (χ1n) is 6.92. The number of carbonyl (C=O) groups is 2. The van der Waals surface area contributed by atoms with Crippen LogP contribution in [0.15, 0.2) is 24.3 Å². The van der Waals surface area contributed by atoms with E-state index in [4.69, 9.17) is 9.84 Å². The third-order valence-electron chi connectivity index (χ3n) is 3.33. The molecule has 5 heteroatoms. The van der Waals surface area contributed by atoms with Crippen molar-refractivity contribution in [3.63, 3.8) is 0 Å². The van der Waals surface area contributed by atoms with E-state index in [9.17, 15) is 9.59 Å². The lowest BCUT2D eigenvalue weighted by atomic mass is 10.2. The predicted octanol–water partition coefficient (Wildman–Crippen LogP) is 2.21. The SMILES string of the molecule is O=C(O)CCNC(=O)c1cccc(OC2CCCC2)c1. The Balaban J connectivity index is 1.90. The van der Waals surface area contributed by atoms with Crippen LogP contribution in [0.25, 0.3) is 0 Å². The third-order valence-corrected chi connectivity index (χ3v) is 3.33. The predicted molar refractivity (Wildman–Crippen MR) is 73.9 cm³/mol. The number of benzene rings is 1. The second kappa shape index (κ2) is 6.93. The molecule has 5 nitrogen and oxygen atoms in total.